The van der Waals surface area contributed by atoms with Gasteiger partial charge in [0.15, 0.2) is 5.82 Å². The summed E-state index contributed by atoms with van der Waals surface area (Å²) in [5.74, 6) is 0.608. The van der Waals surface area contributed by atoms with Crippen molar-refractivity contribution < 1.29 is 9.26 Å². The van der Waals surface area contributed by atoms with Crippen LogP contribution in [-0.4, -0.2) is 28.8 Å². The second-order valence-corrected chi connectivity index (χ2v) is 3.87. The molecule has 0 aliphatic carbocycles. The maximum absolute atomic E-state index is 5.77. The van der Waals surface area contributed by atoms with Gasteiger partial charge in [-0.1, -0.05) is 5.16 Å². The zero-order chi connectivity index (χ0) is 9.86. The summed E-state index contributed by atoms with van der Waals surface area (Å²) in [5, 5.41) is 7.02. The Hall–Kier alpha value is -0.940. The van der Waals surface area contributed by atoms with Crippen LogP contribution in [0, 0.1) is 0 Å². The Morgan fingerprint density at radius 3 is 3.29 bits per heavy atom. The number of hydrogen-bond acceptors (Lipinski definition) is 5. The van der Waals surface area contributed by atoms with E-state index >= 15 is 0 Å². The molecule has 0 radical (unpaired) electrons. The number of hydrogen-bond donors (Lipinski definition) is 1. The van der Waals surface area contributed by atoms with Gasteiger partial charge in [-0.15, -0.1) is 0 Å². The van der Waals surface area contributed by atoms with Gasteiger partial charge in [0.1, 0.15) is 6.61 Å². The van der Waals surface area contributed by atoms with Crippen molar-refractivity contribution >= 4 is 0 Å². The average Bonchev–Trinajstić information content (AvgIpc) is 2.69. The van der Waals surface area contributed by atoms with Gasteiger partial charge in [0, 0.05) is 6.54 Å². The standard InChI is InChI=1S/C9H15N3O2/c1-9(3-2-4-10-6-9)13-5-8-11-7-14-12-8/h7,10H,2-6H2,1H3. The van der Waals surface area contributed by atoms with Crippen LogP contribution in [0.15, 0.2) is 10.9 Å². The summed E-state index contributed by atoms with van der Waals surface area (Å²) < 4.78 is 10.4. The van der Waals surface area contributed by atoms with Crippen LogP contribution in [0.25, 0.3) is 0 Å². The van der Waals surface area contributed by atoms with Crippen LogP contribution in [0.2, 0.25) is 0 Å². The van der Waals surface area contributed by atoms with Crippen molar-refractivity contribution in [2.75, 3.05) is 13.1 Å². The van der Waals surface area contributed by atoms with Crippen LogP contribution in [-0.2, 0) is 11.3 Å². The van der Waals surface area contributed by atoms with E-state index < -0.39 is 0 Å². The SMILES string of the molecule is CC1(OCc2ncon2)CCCNC1. The third kappa shape index (κ3) is 2.30. The van der Waals surface area contributed by atoms with Gasteiger partial charge >= 0.3 is 0 Å². The summed E-state index contributed by atoms with van der Waals surface area (Å²) in [4.78, 5) is 3.91. The predicted molar refractivity (Wildman–Crippen MR) is 49.6 cm³/mol. The molecule has 1 aromatic heterocycles. The second kappa shape index (κ2) is 4.06. The second-order valence-electron chi connectivity index (χ2n) is 3.87. The molecule has 2 rings (SSSR count). The minimum atomic E-state index is -0.0844. The normalized spacial score (nSPS) is 27.8. The van der Waals surface area contributed by atoms with E-state index in [1.165, 1.54) is 6.39 Å². The molecule has 0 saturated carbocycles. The highest BCUT2D eigenvalue weighted by Crippen LogP contribution is 2.20. The van der Waals surface area contributed by atoms with Gasteiger partial charge in [-0.25, -0.2) is 0 Å². The molecule has 1 fully saturated rings. The first kappa shape index (κ1) is 9.61. The molecule has 1 aliphatic heterocycles. The molecule has 0 bridgehead atoms. The van der Waals surface area contributed by atoms with E-state index in [4.69, 9.17) is 4.74 Å². The Morgan fingerprint density at radius 1 is 1.71 bits per heavy atom. The van der Waals surface area contributed by atoms with Crippen molar-refractivity contribution in [3.05, 3.63) is 12.2 Å². The first-order valence-corrected chi connectivity index (χ1v) is 4.88. The van der Waals surface area contributed by atoms with Gasteiger partial charge in [0.05, 0.1) is 5.60 Å². The lowest BCUT2D eigenvalue weighted by molar-refractivity contribution is -0.0600. The molecular formula is C9H15N3O2. The molecule has 0 amide bonds. The third-order valence-electron chi connectivity index (χ3n) is 2.51. The Labute approximate surface area is 82.8 Å². The smallest absolute Gasteiger partial charge is 0.213 e. The van der Waals surface area contributed by atoms with Crippen molar-refractivity contribution in [2.24, 2.45) is 0 Å². The van der Waals surface area contributed by atoms with Gasteiger partial charge < -0.3 is 14.6 Å². The van der Waals surface area contributed by atoms with Crippen molar-refractivity contribution in [1.82, 2.24) is 15.5 Å². The number of piperidine rings is 1. The van der Waals surface area contributed by atoms with Crippen molar-refractivity contribution in [3.63, 3.8) is 0 Å². The van der Waals surface area contributed by atoms with Gasteiger partial charge in [-0.2, -0.15) is 4.98 Å². The number of nitrogens with one attached hydrogen (secondary N) is 1. The van der Waals surface area contributed by atoms with Gasteiger partial charge in [0.2, 0.25) is 6.39 Å². The van der Waals surface area contributed by atoms with Gasteiger partial charge in [0.25, 0.3) is 0 Å². The molecule has 5 nitrogen and oxygen atoms in total. The lowest BCUT2D eigenvalue weighted by Gasteiger charge is -2.33. The minimum absolute atomic E-state index is 0.0844. The van der Waals surface area contributed by atoms with Gasteiger partial charge in [-0.05, 0) is 26.3 Å². The molecule has 1 atom stereocenters. The van der Waals surface area contributed by atoms with E-state index in [0.29, 0.717) is 12.4 Å². The van der Waals surface area contributed by atoms with Crippen molar-refractivity contribution in [2.45, 2.75) is 32.0 Å². The van der Waals surface area contributed by atoms with Crippen LogP contribution in [0.5, 0.6) is 0 Å². The minimum Gasteiger partial charge on any atom is -0.366 e. The first-order chi connectivity index (χ1) is 6.79. The summed E-state index contributed by atoms with van der Waals surface area (Å²) >= 11 is 0. The summed E-state index contributed by atoms with van der Waals surface area (Å²) in [7, 11) is 0. The van der Waals surface area contributed by atoms with E-state index in [-0.39, 0.29) is 5.60 Å². The molecule has 1 N–H and O–H groups in total. The van der Waals surface area contributed by atoms with Gasteiger partial charge in [-0.3, -0.25) is 0 Å². The number of aromatic nitrogens is 2. The topological polar surface area (TPSA) is 60.2 Å². The summed E-state index contributed by atoms with van der Waals surface area (Å²) in [5.41, 5.74) is -0.0844. The summed E-state index contributed by atoms with van der Waals surface area (Å²) in [6.45, 7) is 4.51. The molecule has 14 heavy (non-hydrogen) atoms. The zero-order valence-corrected chi connectivity index (χ0v) is 8.32. The van der Waals surface area contributed by atoms with Crippen LogP contribution >= 0.6 is 0 Å². The monoisotopic (exact) mass is 197 g/mol. The lowest BCUT2D eigenvalue weighted by atomic mass is 9.96. The number of ether oxygens (including phenoxy) is 1. The molecule has 1 aromatic rings. The van der Waals surface area contributed by atoms with Crippen LogP contribution < -0.4 is 5.32 Å². The molecule has 1 unspecified atom stereocenters. The average molecular weight is 197 g/mol. The molecule has 78 valence electrons. The molecule has 1 saturated heterocycles. The Morgan fingerprint density at radius 2 is 2.64 bits per heavy atom. The Balaban J connectivity index is 1.84. The first-order valence-electron chi connectivity index (χ1n) is 4.88. The maximum atomic E-state index is 5.77. The van der Waals surface area contributed by atoms with E-state index in [0.717, 1.165) is 25.9 Å². The lowest BCUT2D eigenvalue weighted by Crippen LogP contribution is -2.45. The number of nitrogens with zero attached hydrogens (tertiary/aromatic N) is 2. The quantitative estimate of drug-likeness (QED) is 0.774. The highest BCUT2D eigenvalue weighted by atomic mass is 16.5. The fourth-order valence-electron chi connectivity index (χ4n) is 1.65. The number of rotatable bonds is 3. The highest BCUT2D eigenvalue weighted by molar-refractivity contribution is 4.84. The van der Waals surface area contributed by atoms with Crippen molar-refractivity contribution in [1.29, 1.82) is 0 Å². The molecule has 1 aliphatic rings. The van der Waals surface area contributed by atoms with E-state index in [2.05, 4.69) is 26.9 Å². The fraction of sp³-hybridized carbons (Fsp3) is 0.778. The Bertz CT molecular complexity index is 268. The van der Waals surface area contributed by atoms with E-state index in [1.54, 1.807) is 0 Å². The van der Waals surface area contributed by atoms with Crippen LogP contribution in [0.4, 0.5) is 0 Å². The predicted octanol–water partition coefficient (Wildman–Crippen LogP) is 0.728. The maximum Gasteiger partial charge on any atom is 0.213 e. The van der Waals surface area contributed by atoms with Crippen LogP contribution in [0.3, 0.4) is 0 Å². The molecule has 0 spiro atoms. The van der Waals surface area contributed by atoms with Crippen molar-refractivity contribution in [3.8, 4) is 0 Å². The fourth-order valence-corrected chi connectivity index (χ4v) is 1.65. The molecule has 2 heterocycles. The summed E-state index contributed by atoms with van der Waals surface area (Å²) in [6, 6.07) is 0. The van der Waals surface area contributed by atoms with Crippen LogP contribution in [0.1, 0.15) is 25.6 Å². The molecule has 0 aromatic carbocycles. The molecular weight excluding hydrogens is 182 g/mol. The zero-order valence-electron chi connectivity index (χ0n) is 8.32. The highest BCUT2D eigenvalue weighted by Gasteiger charge is 2.27. The van der Waals surface area contributed by atoms with E-state index in [9.17, 15) is 0 Å². The third-order valence-corrected chi connectivity index (χ3v) is 2.51. The van der Waals surface area contributed by atoms with E-state index in [1.807, 2.05) is 0 Å². The summed E-state index contributed by atoms with van der Waals surface area (Å²) in [6.07, 6.45) is 3.56. The Kier molecular flexibility index (Phi) is 2.79. The largest absolute Gasteiger partial charge is 0.366 e. The molecule has 5 heteroatoms.